The zero-order chi connectivity index (χ0) is 19.9. The lowest BCUT2D eigenvalue weighted by molar-refractivity contribution is -0.116. The first-order valence-corrected chi connectivity index (χ1v) is 10.3. The summed E-state index contributed by atoms with van der Waals surface area (Å²) in [5.74, 6) is -1.23. The van der Waals surface area contributed by atoms with Gasteiger partial charge in [0.25, 0.3) is 5.91 Å². The highest BCUT2D eigenvalue weighted by Crippen LogP contribution is 2.30. The molecule has 1 aliphatic heterocycles. The third-order valence-electron chi connectivity index (χ3n) is 4.42. The molecular weight excluding hydrogens is 388 g/mol. The van der Waals surface area contributed by atoms with Gasteiger partial charge in [-0.05, 0) is 50.1 Å². The van der Waals surface area contributed by atoms with Crippen LogP contribution in [0.5, 0.6) is 0 Å². The molecule has 2 aromatic carbocycles. The summed E-state index contributed by atoms with van der Waals surface area (Å²) in [6, 6.07) is 8.08. The maximum Gasteiger partial charge on any atom is 0.257 e. The lowest BCUT2D eigenvalue weighted by Crippen LogP contribution is -2.29. The first kappa shape index (κ1) is 19.4. The predicted molar refractivity (Wildman–Crippen MR) is 106 cm³/mol. The highest BCUT2D eigenvalue weighted by Gasteiger charge is 2.36. The number of benzene rings is 2. The summed E-state index contributed by atoms with van der Waals surface area (Å²) < 4.78 is 25.0. The van der Waals surface area contributed by atoms with Crippen molar-refractivity contribution >= 4 is 44.8 Å². The Morgan fingerprint density at radius 1 is 1.11 bits per heavy atom. The quantitative estimate of drug-likeness (QED) is 0.844. The van der Waals surface area contributed by atoms with Crippen molar-refractivity contribution in [2.45, 2.75) is 27.2 Å². The van der Waals surface area contributed by atoms with E-state index in [0.717, 1.165) is 21.0 Å². The Bertz CT molecular complexity index is 1040. The molecule has 1 N–H and O–H groups in total. The number of carbonyl (C=O) groups excluding carboxylic acids is 2. The molecule has 2 aromatic rings. The Morgan fingerprint density at radius 2 is 1.74 bits per heavy atom. The van der Waals surface area contributed by atoms with Crippen LogP contribution in [0.4, 0.5) is 11.4 Å². The number of nitrogens with zero attached hydrogens (tertiary/aromatic N) is 1. The molecule has 8 heteroatoms. The Morgan fingerprint density at radius 3 is 2.30 bits per heavy atom. The van der Waals surface area contributed by atoms with E-state index in [9.17, 15) is 18.0 Å². The third-order valence-corrected chi connectivity index (χ3v) is 6.44. The van der Waals surface area contributed by atoms with Gasteiger partial charge in [0.1, 0.15) is 0 Å². The van der Waals surface area contributed by atoms with E-state index in [1.807, 2.05) is 32.9 Å². The van der Waals surface area contributed by atoms with E-state index >= 15 is 0 Å². The minimum atomic E-state index is -3.71. The van der Waals surface area contributed by atoms with Crippen LogP contribution >= 0.6 is 11.6 Å². The smallest absolute Gasteiger partial charge is 0.257 e. The van der Waals surface area contributed by atoms with Gasteiger partial charge in [-0.3, -0.25) is 9.59 Å². The topological polar surface area (TPSA) is 83.6 Å². The minimum Gasteiger partial charge on any atom is -0.321 e. The molecular formula is C19H19ClN2O4S. The monoisotopic (exact) mass is 406 g/mol. The highest BCUT2D eigenvalue weighted by atomic mass is 35.5. The lowest BCUT2D eigenvalue weighted by atomic mass is 10.0. The number of nitrogens with one attached hydrogen (secondary N) is 1. The van der Waals surface area contributed by atoms with Gasteiger partial charge in [0.2, 0.25) is 15.9 Å². The number of sulfonamides is 1. The fourth-order valence-electron chi connectivity index (χ4n) is 3.24. The normalized spacial score (nSPS) is 15.9. The van der Waals surface area contributed by atoms with E-state index in [0.29, 0.717) is 5.69 Å². The lowest BCUT2D eigenvalue weighted by Gasteiger charge is -2.17. The van der Waals surface area contributed by atoms with E-state index in [-0.39, 0.29) is 28.4 Å². The van der Waals surface area contributed by atoms with Gasteiger partial charge in [0.05, 0.1) is 22.0 Å². The van der Waals surface area contributed by atoms with Crippen molar-refractivity contribution in [3.8, 4) is 0 Å². The molecule has 6 nitrogen and oxygen atoms in total. The Balaban J connectivity index is 1.98. The van der Waals surface area contributed by atoms with Crippen LogP contribution in [0.25, 0.3) is 0 Å². The Labute approximate surface area is 163 Å². The number of aryl methyl sites for hydroxylation is 3. The molecule has 0 radical (unpaired) electrons. The number of anilines is 2. The molecule has 1 saturated heterocycles. The summed E-state index contributed by atoms with van der Waals surface area (Å²) in [6.07, 6.45) is -0.0752. The van der Waals surface area contributed by atoms with Gasteiger partial charge >= 0.3 is 0 Å². The van der Waals surface area contributed by atoms with E-state index in [1.54, 1.807) is 0 Å². The van der Waals surface area contributed by atoms with Gasteiger partial charge in [-0.15, -0.1) is 0 Å². The molecule has 27 heavy (non-hydrogen) atoms. The van der Waals surface area contributed by atoms with Crippen molar-refractivity contribution in [1.82, 2.24) is 0 Å². The van der Waals surface area contributed by atoms with Crippen molar-refractivity contribution in [1.29, 1.82) is 0 Å². The van der Waals surface area contributed by atoms with Gasteiger partial charge in [-0.2, -0.15) is 0 Å². The van der Waals surface area contributed by atoms with Gasteiger partial charge in [-0.25, -0.2) is 12.7 Å². The molecule has 3 rings (SSSR count). The number of hydrogen-bond donors (Lipinski definition) is 1. The number of carbonyl (C=O) groups is 2. The molecule has 1 heterocycles. The van der Waals surface area contributed by atoms with Crippen LogP contribution in [-0.4, -0.2) is 26.0 Å². The molecule has 0 atom stereocenters. The molecule has 0 unspecified atom stereocenters. The fraction of sp³-hybridized carbons (Fsp3) is 0.263. The van der Waals surface area contributed by atoms with Gasteiger partial charge in [0.15, 0.2) is 0 Å². The largest absolute Gasteiger partial charge is 0.321 e. The maximum atomic E-state index is 12.8. The summed E-state index contributed by atoms with van der Waals surface area (Å²) >= 11 is 6.16. The fourth-order valence-corrected chi connectivity index (χ4v) is 4.90. The van der Waals surface area contributed by atoms with Crippen molar-refractivity contribution < 1.29 is 18.0 Å². The first-order chi connectivity index (χ1) is 12.6. The summed E-state index contributed by atoms with van der Waals surface area (Å²) in [4.78, 5) is 24.8. The number of amides is 2. The van der Waals surface area contributed by atoms with Crippen LogP contribution in [0.1, 0.15) is 33.5 Å². The van der Waals surface area contributed by atoms with E-state index in [2.05, 4.69) is 5.32 Å². The second-order valence-electron chi connectivity index (χ2n) is 6.62. The molecule has 0 spiro atoms. The van der Waals surface area contributed by atoms with Crippen LogP contribution < -0.4 is 9.62 Å². The second-order valence-corrected chi connectivity index (χ2v) is 8.96. The molecule has 0 aromatic heterocycles. The Kier molecular flexibility index (Phi) is 5.01. The maximum absolute atomic E-state index is 12.8. The van der Waals surface area contributed by atoms with Crippen LogP contribution in [0.3, 0.4) is 0 Å². The van der Waals surface area contributed by atoms with Crippen molar-refractivity contribution in [2.24, 2.45) is 0 Å². The van der Waals surface area contributed by atoms with E-state index in [1.165, 1.54) is 18.2 Å². The first-order valence-electron chi connectivity index (χ1n) is 8.35. The van der Waals surface area contributed by atoms with Crippen LogP contribution in [0, 0.1) is 20.8 Å². The van der Waals surface area contributed by atoms with Crippen molar-refractivity contribution in [3.05, 3.63) is 57.6 Å². The van der Waals surface area contributed by atoms with Crippen LogP contribution in [0.15, 0.2) is 30.3 Å². The van der Waals surface area contributed by atoms with Crippen molar-refractivity contribution in [2.75, 3.05) is 15.4 Å². The number of hydrogen-bond acceptors (Lipinski definition) is 4. The van der Waals surface area contributed by atoms with E-state index in [4.69, 9.17) is 11.6 Å². The second kappa shape index (κ2) is 6.98. The molecule has 1 fully saturated rings. The molecule has 0 bridgehead atoms. The Hall–Kier alpha value is -2.38. The zero-order valence-corrected chi connectivity index (χ0v) is 16.7. The standard InChI is InChI=1S/C19H19ClN2O4S/c1-11-8-12(2)18(13(3)9-11)21-19(24)15-10-14(4-5-16(15)20)22-17(23)6-7-27(22,25)26/h4-5,8-10H,6-7H2,1-3H3,(H,21,24). The average Bonchev–Trinajstić information content (AvgIpc) is 2.84. The van der Waals surface area contributed by atoms with E-state index < -0.39 is 21.8 Å². The van der Waals surface area contributed by atoms with Crippen molar-refractivity contribution in [3.63, 3.8) is 0 Å². The minimum absolute atomic E-state index is 0.0752. The average molecular weight is 407 g/mol. The van der Waals surface area contributed by atoms with Crippen LogP contribution in [0.2, 0.25) is 5.02 Å². The highest BCUT2D eigenvalue weighted by molar-refractivity contribution is 7.94. The number of halogens is 1. The summed E-state index contributed by atoms with van der Waals surface area (Å²) in [5.41, 5.74) is 3.79. The summed E-state index contributed by atoms with van der Waals surface area (Å²) in [7, 11) is -3.71. The summed E-state index contributed by atoms with van der Waals surface area (Å²) in [6.45, 7) is 5.76. The predicted octanol–water partition coefficient (Wildman–Crippen LogP) is 3.58. The van der Waals surface area contributed by atoms with Gasteiger partial charge in [-0.1, -0.05) is 29.3 Å². The molecule has 0 saturated carbocycles. The molecule has 1 aliphatic rings. The molecule has 0 aliphatic carbocycles. The zero-order valence-electron chi connectivity index (χ0n) is 15.2. The summed E-state index contributed by atoms with van der Waals surface area (Å²) in [5, 5.41) is 3.01. The number of rotatable bonds is 3. The van der Waals surface area contributed by atoms with Crippen LogP contribution in [-0.2, 0) is 14.8 Å². The SMILES string of the molecule is Cc1cc(C)c(NC(=O)c2cc(N3C(=O)CCS3(=O)=O)ccc2Cl)c(C)c1. The van der Waals surface area contributed by atoms with Gasteiger partial charge < -0.3 is 5.32 Å². The molecule has 142 valence electrons. The van der Waals surface area contributed by atoms with Gasteiger partial charge in [0, 0.05) is 12.1 Å². The third kappa shape index (κ3) is 3.70. The molecule has 2 amide bonds.